The van der Waals surface area contributed by atoms with Crippen molar-refractivity contribution in [3.8, 4) is 0 Å². The Balaban J connectivity index is 1.87. The lowest BCUT2D eigenvalue weighted by molar-refractivity contribution is -0.146. The normalized spacial score (nSPS) is 22.0. The number of rotatable bonds is 13. The molecule has 1 saturated heterocycles. The van der Waals surface area contributed by atoms with E-state index >= 15 is 0 Å². The van der Waals surface area contributed by atoms with E-state index in [-0.39, 0.29) is 12.6 Å². The summed E-state index contributed by atoms with van der Waals surface area (Å²) in [5.74, 6) is -0.218. The van der Waals surface area contributed by atoms with Gasteiger partial charge in [0.1, 0.15) is 6.61 Å². The Kier molecular flexibility index (Phi) is 9.68. The minimum atomic E-state index is -0.581. The average Bonchev–Trinajstić information content (AvgIpc) is 3.19. The molecule has 0 spiro atoms. The SMILES string of the molecule is CCCCCCCCC1OC1CCCC(=O)OCC(C)O. The Morgan fingerprint density at radius 3 is 2.38 bits per heavy atom. The maximum absolute atomic E-state index is 11.4. The molecule has 1 heterocycles. The highest BCUT2D eigenvalue weighted by Gasteiger charge is 2.37. The molecular weight excluding hydrogens is 268 g/mol. The van der Waals surface area contributed by atoms with E-state index in [4.69, 9.17) is 14.6 Å². The molecule has 0 bridgehead atoms. The molecule has 0 aromatic rings. The van der Waals surface area contributed by atoms with Gasteiger partial charge in [-0.25, -0.2) is 0 Å². The van der Waals surface area contributed by atoms with Crippen LogP contribution in [0.2, 0.25) is 0 Å². The van der Waals surface area contributed by atoms with E-state index in [2.05, 4.69) is 6.92 Å². The van der Waals surface area contributed by atoms with Crippen LogP contribution in [-0.2, 0) is 14.3 Å². The topological polar surface area (TPSA) is 59.1 Å². The number of carbonyl (C=O) groups excluding carboxylic acids is 1. The molecular formula is C17H32O4. The van der Waals surface area contributed by atoms with E-state index in [1.807, 2.05) is 0 Å². The number of carbonyl (C=O) groups is 1. The first-order chi connectivity index (χ1) is 10.1. The summed E-state index contributed by atoms with van der Waals surface area (Å²) in [7, 11) is 0. The number of unbranched alkanes of at least 4 members (excludes halogenated alkanes) is 5. The van der Waals surface area contributed by atoms with Crippen LogP contribution >= 0.6 is 0 Å². The van der Waals surface area contributed by atoms with Crippen LogP contribution in [0.25, 0.3) is 0 Å². The van der Waals surface area contributed by atoms with Gasteiger partial charge in [-0.15, -0.1) is 0 Å². The molecule has 1 N–H and O–H groups in total. The summed E-state index contributed by atoms with van der Waals surface area (Å²) in [5.41, 5.74) is 0. The first-order valence-electron chi connectivity index (χ1n) is 8.62. The monoisotopic (exact) mass is 300 g/mol. The largest absolute Gasteiger partial charge is 0.463 e. The summed E-state index contributed by atoms with van der Waals surface area (Å²) in [6, 6.07) is 0. The van der Waals surface area contributed by atoms with E-state index in [0.29, 0.717) is 18.6 Å². The zero-order chi connectivity index (χ0) is 15.5. The molecule has 0 saturated carbocycles. The Morgan fingerprint density at radius 1 is 1.10 bits per heavy atom. The lowest BCUT2D eigenvalue weighted by Crippen LogP contribution is -2.15. The van der Waals surface area contributed by atoms with Crippen molar-refractivity contribution in [1.82, 2.24) is 0 Å². The van der Waals surface area contributed by atoms with Gasteiger partial charge in [-0.1, -0.05) is 45.4 Å². The Labute approximate surface area is 129 Å². The van der Waals surface area contributed by atoms with Gasteiger partial charge in [-0.05, 0) is 26.2 Å². The van der Waals surface area contributed by atoms with Crippen LogP contribution < -0.4 is 0 Å². The lowest BCUT2D eigenvalue weighted by atomic mass is 10.1. The van der Waals surface area contributed by atoms with Gasteiger partial charge in [0.05, 0.1) is 18.3 Å². The predicted octanol–water partition coefficient (Wildman–Crippen LogP) is 3.60. The van der Waals surface area contributed by atoms with Crippen molar-refractivity contribution >= 4 is 5.97 Å². The maximum Gasteiger partial charge on any atom is 0.305 e. The highest BCUT2D eigenvalue weighted by molar-refractivity contribution is 5.69. The predicted molar refractivity (Wildman–Crippen MR) is 83.1 cm³/mol. The minimum Gasteiger partial charge on any atom is -0.463 e. The van der Waals surface area contributed by atoms with Crippen LogP contribution in [0.3, 0.4) is 0 Å². The molecule has 3 unspecified atom stereocenters. The third kappa shape index (κ3) is 9.86. The van der Waals surface area contributed by atoms with Crippen molar-refractivity contribution in [2.75, 3.05) is 6.61 Å². The van der Waals surface area contributed by atoms with Crippen LogP contribution in [0.1, 0.15) is 78.1 Å². The Morgan fingerprint density at radius 2 is 1.71 bits per heavy atom. The number of hydrogen-bond donors (Lipinski definition) is 1. The fraction of sp³-hybridized carbons (Fsp3) is 0.941. The number of aliphatic hydroxyl groups is 1. The van der Waals surface area contributed by atoms with E-state index in [1.165, 1.54) is 44.9 Å². The van der Waals surface area contributed by atoms with Crippen LogP contribution in [-0.4, -0.2) is 36.0 Å². The fourth-order valence-corrected chi connectivity index (χ4v) is 2.55. The average molecular weight is 300 g/mol. The van der Waals surface area contributed by atoms with E-state index in [0.717, 1.165) is 12.8 Å². The molecule has 1 fully saturated rings. The van der Waals surface area contributed by atoms with E-state index < -0.39 is 6.10 Å². The molecule has 124 valence electrons. The Bertz CT molecular complexity index is 278. The number of ether oxygens (including phenoxy) is 2. The summed E-state index contributed by atoms with van der Waals surface area (Å²) in [4.78, 5) is 11.4. The molecule has 4 heteroatoms. The number of esters is 1. The smallest absolute Gasteiger partial charge is 0.305 e. The van der Waals surface area contributed by atoms with Crippen LogP contribution in [0, 0.1) is 0 Å². The van der Waals surface area contributed by atoms with Gasteiger partial charge in [0, 0.05) is 6.42 Å². The van der Waals surface area contributed by atoms with Crippen molar-refractivity contribution in [2.45, 2.75) is 96.4 Å². The molecule has 1 aliphatic heterocycles. The molecule has 1 aliphatic rings. The van der Waals surface area contributed by atoms with Crippen molar-refractivity contribution in [3.63, 3.8) is 0 Å². The third-order valence-electron chi connectivity index (χ3n) is 3.88. The summed E-state index contributed by atoms with van der Waals surface area (Å²) < 4.78 is 10.5. The van der Waals surface area contributed by atoms with Gasteiger partial charge in [-0.2, -0.15) is 0 Å². The van der Waals surface area contributed by atoms with Gasteiger partial charge < -0.3 is 14.6 Å². The summed E-state index contributed by atoms with van der Waals surface area (Å²) >= 11 is 0. The van der Waals surface area contributed by atoms with Gasteiger partial charge in [0.25, 0.3) is 0 Å². The molecule has 4 nitrogen and oxygen atoms in total. The van der Waals surface area contributed by atoms with Crippen LogP contribution in [0.5, 0.6) is 0 Å². The Hall–Kier alpha value is -0.610. The first kappa shape index (κ1) is 18.4. The van der Waals surface area contributed by atoms with Crippen molar-refractivity contribution in [3.05, 3.63) is 0 Å². The molecule has 3 atom stereocenters. The van der Waals surface area contributed by atoms with Gasteiger partial charge in [0.2, 0.25) is 0 Å². The van der Waals surface area contributed by atoms with Crippen LogP contribution in [0.4, 0.5) is 0 Å². The van der Waals surface area contributed by atoms with Crippen molar-refractivity contribution < 1.29 is 19.4 Å². The molecule has 1 rings (SSSR count). The van der Waals surface area contributed by atoms with Crippen molar-refractivity contribution in [1.29, 1.82) is 0 Å². The molecule has 0 aliphatic carbocycles. The summed E-state index contributed by atoms with van der Waals surface area (Å²) in [6.07, 6.45) is 11.5. The van der Waals surface area contributed by atoms with Crippen LogP contribution in [0.15, 0.2) is 0 Å². The fourth-order valence-electron chi connectivity index (χ4n) is 2.55. The van der Waals surface area contributed by atoms with Gasteiger partial charge in [-0.3, -0.25) is 4.79 Å². The molecule has 21 heavy (non-hydrogen) atoms. The second-order valence-corrected chi connectivity index (χ2v) is 6.19. The summed E-state index contributed by atoms with van der Waals surface area (Å²) in [6.45, 7) is 3.94. The van der Waals surface area contributed by atoms with Gasteiger partial charge >= 0.3 is 5.97 Å². The maximum atomic E-state index is 11.4. The highest BCUT2D eigenvalue weighted by Crippen LogP contribution is 2.31. The quantitative estimate of drug-likeness (QED) is 0.321. The zero-order valence-corrected chi connectivity index (χ0v) is 13.7. The van der Waals surface area contributed by atoms with Crippen molar-refractivity contribution in [2.24, 2.45) is 0 Å². The van der Waals surface area contributed by atoms with E-state index in [9.17, 15) is 4.79 Å². The second-order valence-electron chi connectivity index (χ2n) is 6.19. The molecule has 0 aromatic heterocycles. The van der Waals surface area contributed by atoms with Gasteiger partial charge in [0.15, 0.2) is 0 Å². The third-order valence-corrected chi connectivity index (χ3v) is 3.88. The van der Waals surface area contributed by atoms with E-state index in [1.54, 1.807) is 6.92 Å². The first-order valence-corrected chi connectivity index (χ1v) is 8.62. The molecule has 0 amide bonds. The standard InChI is InChI=1S/C17H32O4/c1-3-4-5-6-7-8-10-15-16(21-15)11-9-12-17(19)20-13-14(2)18/h14-16,18H,3-13H2,1-2H3. The minimum absolute atomic E-state index is 0.0966. The number of aliphatic hydroxyl groups excluding tert-OH is 1. The number of epoxide rings is 1. The molecule has 0 radical (unpaired) electrons. The summed E-state index contributed by atoms with van der Waals surface area (Å²) in [5, 5.41) is 9.01. The highest BCUT2D eigenvalue weighted by atomic mass is 16.6. The zero-order valence-electron chi connectivity index (χ0n) is 13.7. The second kappa shape index (κ2) is 11.0. The molecule has 0 aromatic carbocycles. The lowest BCUT2D eigenvalue weighted by Gasteiger charge is -2.05. The number of hydrogen-bond acceptors (Lipinski definition) is 4.